The number of aliphatic hydroxyl groups excluding tert-OH is 2. The van der Waals surface area contributed by atoms with Gasteiger partial charge in [-0.25, -0.2) is 4.98 Å². The Morgan fingerprint density at radius 3 is 2.50 bits per heavy atom. The van der Waals surface area contributed by atoms with Gasteiger partial charge in [-0.1, -0.05) is 0 Å². The number of nitrogens with zero attached hydrogens (tertiary/aromatic N) is 1. The zero-order valence-corrected chi connectivity index (χ0v) is 13.3. The Balaban J connectivity index is 1.87. The van der Waals surface area contributed by atoms with Crippen molar-refractivity contribution in [2.45, 2.75) is 13.2 Å². The van der Waals surface area contributed by atoms with Gasteiger partial charge in [0.05, 0.1) is 30.0 Å². The highest BCUT2D eigenvalue weighted by Crippen LogP contribution is 2.42. The highest BCUT2D eigenvalue weighted by Gasteiger charge is 2.34. The summed E-state index contributed by atoms with van der Waals surface area (Å²) in [5.74, 6) is 0.370. The van der Waals surface area contributed by atoms with Crippen molar-refractivity contribution < 1.29 is 24.5 Å². The van der Waals surface area contributed by atoms with Gasteiger partial charge < -0.3 is 24.7 Å². The molecule has 2 aliphatic rings. The van der Waals surface area contributed by atoms with Crippen LogP contribution in [0.15, 0.2) is 23.0 Å². The van der Waals surface area contributed by atoms with E-state index in [0.717, 1.165) is 0 Å². The van der Waals surface area contributed by atoms with Gasteiger partial charge in [0.1, 0.15) is 5.69 Å². The molecule has 0 spiro atoms. The molecule has 0 unspecified atom stereocenters. The number of fused-ring (bicyclic) bond motifs is 6. The third-order valence-corrected chi connectivity index (χ3v) is 4.76. The lowest BCUT2D eigenvalue weighted by molar-refractivity contribution is 0.104. The van der Waals surface area contributed by atoms with E-state index in [1.807, 2.05) is 0 Å². The Hall–Kier alpha value is -3.23. The Kier molecular flexibility index (Phi) is 2.97. The topological polar surface area (TPSA) is 122 Å². The Labute approximate surface area is 145 Å². The fraction of sp³-hybridized carbons (Fsp3) is 0.167. The largest absolute Gasteiger partial charge is 0.452 e. The first kappa shape index (κ1) is 15.1. The molecule has 8 nitrogen and oxygen atoms in total. The van der Waals surface area contributed by atoms with Crippen LogP contribution in [0.4, 0.5) is 0 Å². The number of ketones is 1. The van der Waals surface area contributed by atoms with Crippen LogP contribution in [0.1, 0.15) is 27.0 Å². The van der Waals surface area contributed by atoms with Crippen LogP contribution in [0, 0.1) is 0 Å². The van der Waals surface area contributed by atoms with Gasteiger partial charge >= 0.3 is 0 Å². The number of rotatable bonds is 2. The molecule has 3 aromatic rings. The van der Waals surface area contributed by atoms with Crippen molar-refractivity contribution in [1.29, 1.82) is 0 Å². The van der Waals surface area contributed by atoms with Crippen molar-refractivity contribution >= 4 is 16.6 Å². The van der Waals surface area contributed by atoms with E-state index in [1.54, 1.807) is 12.1 Å². The van der Waals surface area contributed by atoms with Gasteiger partial charge in [0.2, 0.25) is 6.79 Å². The molecule has 26 heavy (non-hydrogen) atoms. The molecule has 0 fully saturated rings. The molecule has 0 radical (unpaired) electrons. The minimum absolute atomic E-state index is 0.0321. The number of ether oxygens (including phenoxy) is 2. The van der Waals surface area contributed by atoms with Crippen LogP contribution >= 0.6 is 0 Å². The van der Waals surface area contributed by atoms with Crippen molar-refractivity contribution in [1.82, 2.24) is 9.97 Å². The molecule has 0 bridgehead atoms. The van der Waals surface area contributed by atoms with E-state index >= 15 is 0 Å². The minimum Gasteiger partial charge on any atom is -0.452 e. The van der Waals surface area contributed by atoms with Crippen LogP contribution in [0.2, 0.25) is 0 Å². The van der Waals surface area contributed by atoms with Crippen molar-refractivity contribution in [3.05, 3.63) is 50.8 Å². The van der Waals surface area contributed by atoms with E-state index in [0.29, 0.717) is 44.8 Å². The summed E-state index contributed by atoms with van der Waals surface area (Å²) in [6, 6.07) is 4.63. The average Bonchev–Trinajstić information content (AvgIpc) is 3.22. The molecule has 1 aromatic carbocycles. The normalized spacial score (nSPS) is 14.0. The van der Waals surface area contributed by atoms with Crippen molar-refractivity contribution in [2.24, 2.45) is 0 Å². The van der Waals surface area contributed by atoms with Gasteiger partial charge in [-0.3, -0.25) is 9.59 Å². The summed E-state index contributed by atoms with van der Waals surface area (Å²) in [4.78, 5) is 32.6. The summed E-state index contributed by atoms with van der Waals surface area (Å²) in [6.07, 6.45) is 0. The number of benzene rings is 1. The van der Waals surface area contributed by atoms with Gasteiger partial charge in [-0.05, 0) is 29.3 Å². The third kappa shape index (κ3) is 1.82. The Morgan fingerprint density at radius 1 is 1.04 bits per heavy atom. The summed E-state index contributed by atoms with van der Waals surface area (Å²) in [6.45, 7) is -0.605. The maximum Gasteiger partial charge on any atom is 0.260 e. The van der Waals surface area contributed by atoms with Gasteiger partial charge in [-0.15, -0.1) is 0 Å². The van der Waals surface area contributed by atoms with Gasteiger partial charge in [-0.2, -0.15) is 0 Å². The van der Waals surface area contributed by atoms with Crippen LogP contribution in [0.25, 0.3) is 22.2 Å². The maximum absolute atomic E-state index is 13.0. The SMILES string of the molecule is O=C1c2cc3c(nc2-c2[nH]c(=O)c4cc(CO)c(CO)cc4c21)OCO3. The Morgan fingerprint density at radius 2 is 1.77 bits per heavy atom. The van der Waals surface area contributed by atoms with Gasteiger partial charge in [0.25, 0.3) is 11.4 Å². The predicted molar refractivity (Wildman–Crippen MR) is 89.2 cm³/mol. The van der Waals surface area contributed by atoms with E-state index in [4.69, 9.17) is 9.47 Å². The van der Waals surface area contributed by atoms with E-state index < -0.39 is 5.56 Å². The smallest absolute Gasteiger partial charge is 0.260 e. The highest BCUT2D eigenvalue weighted by atomic mass is 16.7. The molecule has 0 saturated carbocycles. The Bertz CT molecular complexity index is 1180. The van der Waals surface area contributed by atoms with Crippen molar-refractivity contribution in [2.75, 3.05) is 6.79 Å². The van der Waals surface area contributed by atoms with Crippen LogP contribution < -0.4 is 15.0 Å². The molecule has 0 amide bonds. The zero-order chi connectivity index (χ0) is 18.0. The second kappa shape index (κ2) is 5.13. The number of hydrogen-bond donors (Lipinski definition) is 3. The lowest BCUT2D eigenvalue weighted by Crippen LogP contribution is -2.11. The number of nitrogens with one attached hydrogen (secondary N) is 1. The fourth-order valence-electron chi connectivity index (χ4n) is 3.50. The highest BCUT2D eigenvalue weighted by molar-refractivity contribution is 6.26. The second-order valence-electron chi connectivity index (χ2n) is 6.11. The summed E-state index contributed by atoms with van der Waals surface area (Å²) in [5, 5.41) is 19.7. The zero-order valence-electron chi connectivity index (χ0n) is 13.3. The molecular formula is C18H12N2O6. The first-order valence-corrected chi connectivity index (χ1v) is 7.91. The molecule has 0 atom stereocenters. The van der Waals surface area contributed by atoms with Crippen LogP contribution in [0.5, 0.6) is 11.6 Å². The van der Waals surface area contributed by atoms with E-state index in [1.165, 1.54) is 6.07 Å². The summed E-state index contributed by atoms with van der Waals surface area (Å²) >= 11 is 0. The van der Waals surface area contributed by atoms with Crippen LogP contribution in [0.3, 0.4) is 0 Å². The molecule has 3 N–H and O–H groups in total. The average molecular weight is 352 g/mol. The predicted octanol–water partition coefficient (Wildman–Crippen LogP) is 0.848. The van der Waals surface area contributed by atoms with Crippen molar-refractivity contribution in [3.8, 4) is 23.0 Å². The summed E-state index contributed by atoms with van der Waals surface area (Å²) in [7, 11) is 0. The molecule has 1 aliphatic heterocycles. The molecule has 130 valence electrons. The van der Waals surface area contributed by atoms with E-state index in [2.05, 4.69) is 9.97 Å². The van der Waals surface area contributed by atoms with Crippen molar-refractivity contribution in [3.63, 3.8) is 0 Å². The fourth-order valence-corrected chi connectivity index (χ4v) is 3.50. The van der Waals surface area contributed by atoms with Gasteiger partial charge in [0, 0.05) is 10.8 Å². The maximum atomic E-state index is 13.0. The molecular weight excluding hydrogens is 340 g/mol. The van der Waals surface area contributed by atoms with Gasteiger partial charge in [0.15, 0.2) is 11.5 Å². The number of H-pyrrole nitrogens is 1. The summed E-state index contributed by atoms with van der Waals surface area (Å²) in [5.41, 5.74) is 1.78. The van der Waals surface area contributed by atoms with Crippen LogP contribution in [-0.4, -0.2) is 32.8 Å². The number of pyridine rings is 2. The summed E-state index contributed by atoms with van der Waals surface area (Å²) < 4.78 is 10.5. The monoisotopic (exact) mass is 352 g/mol. The lowest BCUT2D eigenvalue weighted by atomic mass is 9.97. The molecule has 5 rings (SSSR count). The number of aliphatic hydroxyl groups is 2. The quantitative estimate of drug-likeness (QED) is 0.489. The number of carbonyl (C=O) groups excluding carboxylic acids is 1. The number of aromatic amines is 1. The minimum atomic E-state index is -0.405. The number of carbonyl (C=O) groups is 1. The first-order valence-electron chi connectivity index (χ1n) is 7.91. The molecule has 0 saturated heterocycles. The van der Waals surface area contributed by atoms with E-state index in [9.17, 15) is 19.8 Å². The number of hydrogen-bond acceptors (Lipinski definition) is 7. The lowest BCUT2D eigenvalue weighted by Gasteiger charge is -2.10. The van der Waals surface area contributed by atoms with E-state index in [-0.39, 0.29) is 37.1 Å². The third-order valence-electron chi connectivity index (χ3n) is 4.76. The molecule has 1 aliphatic carbocycles. The number of aromatic nitrogens is 2. The molecule has 8 heteroatoms. The first-order chi connectivity index (χ1) is 12.6. The van der Waals surface area contributed by atoms with Crippen LogP contribution in [-0.2, 0) is 13.2 Å². The second-order valence-corrected chi connectivity index (χ2v) is 6.11. The molecule has 2 aromatic heterocycles. The molecule has 3 heterocycles. The standard InChI is InChI=1S/C18H12N2O6/c21-4-7-1-9-10(2-8(7)5-22)17(24)19-15-13(9)16(23)11-3-12-18(20-14(11)15)26-6-25-12/h1-3,21-22H,4-6H2,(H,19,24).